The molecule has 11 aromatic rings. The number of hydrogen-bond donors (Lipinski definition) is 0. The standard InChI is InChI=1S/C52H34N6/c1-4-15-36(16-5-1)50-54-51(37-17-6-2-7-18-37)56-52(55-50)38-28-26-35(27-29-38)39-19-14-20-40(33-39)48-49(57-32-13-12-25-47(57)53-48)41-30-31-44-43-23-10-11-24-45(43)58(46(44)34-41)42-21-8-3-9-22-42/h1-34H. The van der Waals surface area contributed by atoms with Crippen LogP contribution in [0.15, 0.2) is 206 Å². The molecule has 0 bridgehead atoms. The van der Waals surface area contributed by atoms with E-state index in [0.717, 1.165) is 67.2 Å². The van der Waals surface area contributed by atoms with E-state index < -0.39 is 0 Å². The lowest BCUT2D eigenvalue weighted by atomic mass is 9.98. The van der Waals surface area contributed by atoms with Crippen molar-refractivity contribution in [3.05, 3.63) is 206 Å². The number of rotatable bonds is 7. The van der Waals surface area contributed by atoms with Crippen molar-refractivity contribution in [3.63, 3.8) is 0 Å². The number of nitrogens with zero attached hydrogens (tertiary/aromatic N) is 6. The maximum Gasteiger partial charge on any atom is 0.164 e. The second-order valence-electron chi connectivity index (χ2n) is 14.4. The zero-order valence-electron chi connectivity index (χ0n) is 31.3. The van der Waals surface area contributed by atoms with E-state index >= 15 is 0 Å². The zero-order chi connectivity index (χ0) is 38.4. The predicted molar refractivity (Wildman–Crippen MR) is 236 cm³/mol. The summed E-state index contributed by atoms with van der Waals surface area (Å²) in [6.45, 7) is 0. The van der Waals surface area contributed by atoms with Crippen LogP contribution in [0.25, 0.3) is 101 Å². The monoisotopic (exact) mass is 742 g/mol. The first-order valence-electron chi connectivity index (χ1n) is 19.4. The molecule has 0 saturated heterocycles. The van der Waals surface area contributed by atoms with Crippen LogP contribution in [0.4, 0.5) is 0 Å². The van der Waals surface area contributed by atoms with Gasteiger partial charge in [-0.25, -0.2) is 19.9 Å². The molecule has 6 heteroatoms. The van der Waals surface area contributed by atoms with Crippen LogP contribution < -0.4 is 0 Å². The van der Waals surface area contributed by atoms with Gasteiger partial charge in [0.25, 0.3) is 0 Å². The minimum absolute atomic E-state index is 0.630. The van der Waals surface area contributed by atoms with Crippen LogP contribution >= 0.6 is 0 Å². The second-order valence-corrected chi connectivity index (χ2v) is 14.4. The highest BCUT2D eigenvalue weighted by Gasteiger charge is 2.20. The molecule has 0 radical (unpaired) electrons. The van der Waals surface area contributed by atoms with Crippen LogP contribution in [-0.4, -0.2) is 28.9 Å². The molecule has 0 aliphatic carbocycles. The van der Waals surface area contributed by atoms with Crippen LogP contribution in [0.3, 0.4) is 0 Å². The summed E-state index contributed by atoms with van der Waals surface area (Å²) in [6.07, 6.45) is 2.11. The first kappa shape index (κ1) is 33.4. The highest BCUT2D eigenvalue weighted by molar-refractivity contribution is 6.10. The van der Waals surface area contributed by atoms with E-state index in [9.17, 15) is 0 Å². The Morgan fingerprint density at radius 3 is 1.57 bits per heavy atom. The number of imidazole rings is 1. The fraction of sp³-hybridized carbons (Fsp3) is 0. The van der Waals surface area contributed by atoms with Gasteiger partial charge >= 0.3 is 0 Å². The Hall–Kier alpha value is -7.96. The van der Waals surface area contributed by atoms with Crippen molar-refractivity contribution >= 4 is 27.5 Å². The van der Waals surface area contributed by atoms with Crippen molar-refractivity contribution in [1.82, 2.24) is 28.9 Å². The van der Waals surface area contributed by atoms with Gasteiger partial charge < -0.3 is 4.57 Å². The summed E-state index contributed by atoms with van der Waals surface area (Å²) in [7, 11) is 0. The van der Waals surface area contributed by atoms with Crippen molar-refractivity contribution in [3.8, 4) is 73.5 Å². The molecule has 6 nitrogen and oxygen atoms in total. The molecule has 0 spiro atoms. The number of hydrogen-bond acceptors (Lipinski definition) is 4. The molecule has 0 aliphatic heterocycles. The van der Waals surface area contributed by atoms with Gasteiger partial charge in [-0.2, -0.15) is 0 Å². The summed E-state index contributed by atoms with van der Waals surface area (Å²) in [5, 5.41) is 2.45. The number of benzene rings is 7. The molecule has 0 fully saturated rings. The van der Waals surface area contributed by atoms with E-state index in [1.165, 1.54) is 16.3 Å². The molecule has 0 atom stereocenters. The highest BCUT2D eigenvalue weighted by atomic mass is 15.0. The van der Waals surface area contributed by atoms with Gasteiger partial charge in [-0.05, 0) is 53.6 Å². The van der Waals surface area contributed by atoms with Gasteiger partial charge in [0.05, 0.1) is 22.4 Å². The molecular formula is C52H34N6. The maximum atomic E-state index is 5.25. The molecular weight excluding hydrogens is 709 g/mol. The molecule has 4 aromatic heterocycles. The van der Waals surface area contributed by atoms with Gasteiger partial charge in [-0.1, -0.05) is 158 Å². The molecule has 0 saturated carbocycles. The quantitative estimate of drug-likeness (QED) is 0.163. The Balaban J connectivity index is 1.00. The lowest BCUT2D eigenvalue weighted by Gasteiger charge is -2.11. The van der Waals surface area contributed by atoms with Crippen LogP contribution in [0, 0.1) is 0 Å². The summed E-state index contributed by atoms with van der Waals surface area (Å²) >= 11 is 0. The average molecular weight is 743 g/mol. The Morgan fingerprint density at radius 1 is 0.328 bits per heavy atom. The lowest BCUT2D eigenvalue weighted by Crippen LogP contribution is -2.00. The molecule has 11 rings (SSSR count). The Morgan fingerprint density at radius 2 is 0.862 bits per heavy atom. The molecule has 7 aromatic carbocycles. The van der Waals surface area contributed by atoms with Crippen LogP contribution in [0.5, 0.6) is 0 Å². The topological polar surface area (TPSA) is 60.9 Å². The smallest absolute Gasteiger partial charge is 0.164 e. The Bertz CT molecular complexity index is 3200. The number of aromatic nitrogens is 6. The summed E-state index contributed by atoms with van der Waals surface area (Å²) in [5.41, 5.74) is 13.5. The van der Waals surface area contributed by atoms with Crippen LogP contribution in [0.1, 0.15) is 0 Å². The van der Waals surface area contributed by atoms with Gasteiger partial charge in [-0.15, -0.1) is 0 Å². The first-order chi connectivity index (χ1) is 28.7. The van der Waals surface area contributed by atoms with Crippen LogP contribution in [0.2, 0.25) is 0 Å². The van der Waals surface area contributed by atoms with E-state index in [2.05, 4.69) is 149 Å². The van der Waals surface area contributed by atoms with E-state index in [0.29, 0.717) is 17.5 Å². The van der Waals surface area contributed by atoms with Crippen molar-refractivity contribution in [1.29, 1.82) is 0 Å². The maximum absolute atomic E-state index is 5.25. The third-order valence-electron chi connectivity index (χ3n) is 10.8. The van der Waals surface area contributed by atoms with Gasteiger partial charge in [0, 0.05) is 50.5 Å². The lowest BCUT2D eigenvalue weighted by molar-refractivity contribution is 1.07. The highest BCUT2D eigenvalue weighted by Crippen LogP contribution is 2.39. The summed E-state index contributed by atoms with van der Waals surface area (Å²) in [4.78, 5) is 20.0. The molecule has 58 heavy (non-hydrogen) atoms. The average Bonchev–Trinajstić information content (AvgIpc) is 3.86. The van der Waals surface area contributed by atoms with Gasteiger partial charge in [0.1, 0.15) is 5.65 Å². The van der Waals surface area contributed by atoms with Gasteiger partial charge in [-0.3, -0.25) is 4.40 Å². The number of fused-ring (bicyclic) bond motifs is 4. The van der Waals surface area contributed by atoms with E-state index in [4.69, 9.17) is 19.9 Å². The van der Waals surface area contributed by atoms with E-state index in [1.54, 1.807) is 0 Å². The summed E-state index contributed by atoms with van der Waals surface area (Å²) in [6, 6.07) is 69.5. The molecule has 0 amide bonds. The minimum atomic E-state index is 0.630. The fourth-order valence-corrected chi connectivity index (χ4v) is 8.04. The summed E-state index contributed by atoms with van der Waals surface area (Å²) in [5.74, 6) is 1.92. The SMILES string of the molecule is c1ccc(-c2nc(-c3ccccc3)nc(-c3ccc(-c4cccc(-c5nc6ccccn6c5-c5ccc6c7ccccc7n(-c7ccccc7)c6c5)c4)cc3)n2)cc1. The Kier molecular flexibility index (Phi) is 8.04. The van der Waals surface area contributed by atoms with Crippen molar-refractivity contribution < 1.29 is 0 Å². The van der Waals surface area contributed by atoms with E-state index in [-0.39, 0.29) is 0 Å². The molecule has 272 valence electrons. The zero-order valence-corrected chi connectivity index (χ0v) is 31.3. The number of para-hydroxylation sites is 2. The molecule has 4 heterocycles. The number of pyridine rings is 1. The Labute approximate surface area is 335 Å². The third kappa shape index (κ3) is 5.83. The summed E-state index contributed by atoms with van der Waals surface area (Å²) < 4.78 is 4.57. The minimum Gasteiger partial charge on any atom is -0.309 e. The first-order valence-corrected chi connectivity index (χ1v) is 19.4. The van der Waals surface area contributed by atoms with Crippen LogP contribution in [-0.2, 0) is 0 Å². The largest absolute Gasteiger partial charge is 0.309 e. The van der Waals surface area contributed by atoms with Gasteiger partial charge in [0.2, 0.25) is 0 Å². The van der Waals surface area contributed by atoms with E-state index in [1.807, 2.05) is 66.7 Å². The molecule has 0 N–H and O–H groups in total. The van der Waals surface area contributed by atoms with Crippen molar-refractivity contribution in [2.75, 3.05) is 0 Å². The fourth-order valence-electron chi connectivity index (χ4n) is 8.04. The molecule has 0 unspecified atom stereocenters. The van der Waals surface area contributed by atoms with Crippen molar-refractivity contribution in [2.24, 2.45) is 0 Å². The van der Waals surface area contributed by atoms with Crippen molar-refractivity contribution in [2.45, 2.75) is 0 Å². The normalized spacial score (nSPS) is 11.4. The molecule has 0 aliphatic rings. The second kappa shape index (κ2) is 14.0. The third-order valence-corrected chi connectivity index (χ3v) is 10.8. The van der Waals surface area contributed by atoms with Gasteiger partial charge in [0.15, 0.2) is 17.5 Å². The predicted octanol–water partition coefficient (Wildman–Crippen LogP) is 12.6.